The maximum Gasteiger partial charge on any atom is 0.163 e. The van der Waals surface area contributed by atoms with Crippen LogP contribution in [0.4, 0.5) is 0 Å². The van der Waals surface area contributed by atoms with Crippen molar-refractivity contribution in [2.45, 2.75) is 145 Å². The van der Waals surface area contributed by atoms with Gasteiger partial charge in [-0.25, -0.2) is 0 Å². The molecule has 10 heteroatoms. The molecular weight excluding hydrogens is 685 g/mol. The third-order valence-corrected chi connectivity index (χ3v) is 14.3. The summed E-state index contributed by atoms with van der Waals surface area (Å²) in [4.78, 5) is 0. The highest BCUT2D eigenvalue weighted by Gasteiger charge is 2.57. The van der Waals surface area contributed by atoms with Gasteiger partial charge in [0, 0.05) is 24.9 Å². The molecule has 8 nitrogen and oxygen atoms in total. The van der Waals surface area contributed by atoms with Crippen molar-refractivity contribution in [3.05, 3.63) is 71.8 Å². The topological polar surface area (TPSA) is 84.8 Å². The molecule has 9 atom stereocenters. The number of thioether (sulfide) groups is 2. The highest BCUT2D eigenvalue weighted by Crippen LogP contribution is 2.53. The molecule has 6 rings (SSSR count). The number of unbranched alkanes of at least 4 members (excludes halogenated alkanes) is 1. The van der Waals surface area contributed by atoms with Gasteiger partial charge in [0.25, 0.3) is 0 Å². The minimum absolute atomic E-state index is 0.0573. The monoisotopic (exact) mass is 744 g/mol. The molecule has 0 aromatic heterocycles. The average Bonchev–Trinajstić information content (AvgIpc) is 3.11. The summed E-state index contributed by atoms with van der Waals surface area (Å²) in [5.74, 6) is 0.547. The van der Waals surface area contributed by atoms with E-state index in [1.54, 1.807) is 0 Å². The third kappa shape index (κ3) is 10.1. The summed E-state index contributed by atoms with van der Waals surface area (Å²) in [7, 11) is 0. The van der Waals surface area contributed by atoms with Crippen LogP contribution in [-0.2, 0) is 46.4 Å². The van der Waals surface area contributed by atoms with Gasteiger partial charge in [0.05, 0.1) is 48.3 Å². The predicted octanol–water partition coefficient (Wildman–Crippen LogP) is 7.99. The van der Waals surface area contributed by atoms with Crippen LogP contribution in [0.3, 0.4) is 0 Å². The lowest BCUT2D eigenvalue weighted by Gasteiger charge is -2.55. The largest absolute Gasteiger partial charge is 0.388 e. The van der Waals surface area contributed by atoms with Crippen LogP contribution in [0.25, 0.3) is 0 Å². The van der Waals surface area contributed by atoms with Gasteiger partial charge in [-0.05, 0) is 76.0 Å². The molecule has 2 aromatic rings. The van der Waals surface area contributed by atoms with E-state index < -0.39 is 27.9 Å². The van der Waals surface area contributed by atoms with Crippen LogP contribution in [0.5, 0.6) is 0 Å². The molecule has 4 saturated heterocycles. The molecule has 0 unspecified atom stereocenters. The van der Waals surface area contributed by atoms with E-state index in [9.17, 15) is 5.11 Å². The molecule has 0 saturated carbocycles. The number of hydrogen-bond donors (Lipinski definition) is 1. The SMILES string of the molecule is C[C@@H]1[C@@H](OCc2ccccc2)[C@@H]2OC(C)(C)OC[C@H]2O[C@H]1[C@H](O)C1(C[C@@H]2OC(C)(C)O[C@H](CCCCOCc3ccccc3)[C@@H]2C)SCCCS1. The molecular formula is C41H60O8S2. The molecule has 284 valence electrons. The van der Waals surface area contributed by atoms with Crippen LogP contribution in [0.15, 0.2) is 60.7 Å². The first-order valence-electron chi connectivity index (χ1n) is 19.0. The Kier molecular flexibility index (Phi) is 13.6. The molecule has 51 heavy (non-hydrogen) atoms. The Balaban J connectivity index is 1.14. The Bertz CT molecular complexity index is 1340. The third-order valence-electron chi connectivity index (χ3n) is 10.8. The Hall–Kier alpha value is -1.18. The van der Waals surface area contributed by atoms with Crippen LogP contribution >= 0.6 is 23.5 Å². The molecule has 4 aliphatic rings. The van der Waals surface area contributed by atoms with Gasteiger partial charge in [-0.3, -0.25) is 0 Å². The molecule has 1 N–H and O–H groups in total. The molecule has 4 fully saturated rings. The molecule has 4 heterocycles. The quantitative estimate of drug-likeness (QED) is 0.192. The molecule has 0 spiro atoms. The first kappa shape index (κ1) is 39.5. The normalized spacial score (nSPS) is 33.6. The number of aliphatic hydroxyl groups is 1. The lowest BCUT2D eigenvalue weighted by atomic mass is 9.82. The van der Waals surface area contributed by atoms with E-state index in [-0.39, 0.29) is 42.4 Å². The molecule has 0 amide bonds. The summed E-state index contributed by atoms with van der Waals surface area (Å²) in [6, 6.07) is 20.6. The van der Waals surface area contributed by atoms with E-state index in [0.29, 0.717) is 26.2 Å². The zero-order chi connectivity index (χ0) is 36.1. The van der Waals surface area contributed by atoms with Gasteiger partial charge >= 0.3 is 0 Å². The minimum atomic E-state index is -0.761. The highest BCUT2D eigenvalue weighted by atomic mass is 32.2. The number of ether oxygens (including phenoxy) is 7. The zero-order valence-corrected chi connectivity index (χ0v) is 33.0. The van der Waals surface area contributed by atoms with E-state index in [4.69, 9.17) is 33.2 Å². The Labute approximate surface area is 314 Å². The van der Waals surface area contributed by atoms with Crippen LogP contribution < -0.4 is 0 Å². The molecule has 0 radical (unpaired) electrons. The molecule has 0 aliphatic carbocycles. The van der Waals surface area contributed by atoms with Crippen LogP contribution in [0.1, 0.15) is 84.8 Å². The maximum atomic E-state index is 12.6. The number of rotatable bonds is 14. The van der Waals surface area contributed by atoms with Crippen molar-refractivity contribution in [2.24, 2.45) is 11.8 Å². The van der Waals surface area contributed by atoms with E-state index in [0.717, 1.165) is 49.4 Å². The lowest BCUT2D eigenvalue weighted by Crippen LogP contribution is -2.66. The van der Waals surface area contributed by atoms with Crippen molar-refractivity contribution in [3.63, 3.8) is 0 Å². The fourth-order valence-corrected chi connectivity index (χ4v) is 11.5. The first-order valence-corrected chi connectivity index (χ1v) is 21.0. The number of fused-ring (bicyclic) bond motifs is 1. The van der Waals surface area contributed by atoms with Crippen molar-refractivity contribution in [1.82, 2.24) is 0 Å². The van der Waals surface area contributed by atoms with Crippen LogP contribution in [0.2, 0.25) is 0 Å². The average molecular weight is 745 g/mol. The standard InChI is InChI=1S/C41H60O8S2/c1-28-32(20-13-14-21-43-25-30-16-9-7-10-17-30)47-40(5,6)48-33(28)24-41(50-22-15-23-51-41)38(42)36-29(2)35(44-26-31-18-11-8-12-19-31)37-34(46-36)27-45-39(3,4)49-37/h7-12,16-19,28-29,32-38,42H,13-15,20-27H2,1-6H3/t28-,29+,32+,33-,34+,35+,36+,37+,38-/m0/s1. The first-order chi connectivity index (χ1) is 24.5. The van der Waals surface area contributed by atoms with Gasteiger partial charge in [0.1, 0.15) is 18.3 Å². The van der Waals surface area contributed by atoms with Gasteiger partial charge in [-0.15, -0.1) is 23.5 Å². The van der Waals surface area contributed by atoms with Crippen molar-refractivity contribution < 1.29 is 38.3 Å². The van der Waals surface area contributed by atoms with Gasteiger partial charge in [-0.2, -0.15) is 0 Å². The Morgan fingerprint density at radius 3 is 2.14 bits per heavy atom. The fraction of sp³-hybridized carbons (Fsp3) is 0.707. The molecule has 4 aliphatic heterocycles. The van der Waals surface area contributed by atoms with Crippen molar-refractivity contribution in [2.75, 3.05) is 24.7 Å². The van der Waals surface area contributed by atoms with E-state index in [2.05, 4.69) is 38.1 Å². The highest BCUT2D eigenvalue weighted by molar-refractivity contribution is 8.18. The van der Waals surface area contributed by atoms with E-state index in [1.165, 1.54) is 5.56 Å². The minimum Gasteiger partial charge on any atom is -0.388 e. The van der Waals surface area contributed by atoms with Gasteiger partial charge in [-0.1, -0.05) is 74.5 Å². The maximum absolute atomic E-state index is 12.6. The molecule has 0 bridgehead atoms. The van der Waals surface area contributed by atoms with Crippen LogP contribution in [-0.4, -0.2) is 88.2 Å². The van der Waals surface area contributed by atoms with Crippen LogP contribution in [0, 0.1) is 11.8 Å². The number of benzene rings is 2. The Morgan fingerprint density at radius 2 is 1.45 bits per heavy atom. The second kappa shape index (κ2) is 17.5. The summed E-state index contributed by atoms with van der Waals surface area (Å²) in [6.45, 7) is 14.6. The fourth-order valence-electron chi connectivity index (χ4n) is 8.00. The smallest absolute Gasteiger partial charge is 0.163 e. The van der Waals surface area contributed by atoms with Gasteiger partial charge in [0.15, 0.2) is 11.6 Å². The second-order valence-corrected chi connectivity index (χ2v) is 18.8. The second-order valence-electron chi connectivity index (χ2n) is 15.7. The van der Waals surface area contributed by atoms with E-state index >= 15 is 0 Å². The van der Waals surface area contributed by atoms with Gasteiger partial charge < -0.3 is 38.3 Å². The molecule has 2 aromatic carbocycles. The van der Waals surface area contributed by atoms with Crippen molar-refractivity contribution in [1.29, 1.82) is 0 Å². The summed E-state index contributed by atoms with van der Waals surface area (Å²) in [5.41, 5.74) is 2.30. The summed E-state index contributed by atoms with van der Waals surface area (Å²) in [6.07, 6.45) is 2.58. The lowest BCUT2D eigenvalue weighted by molar-refractivity contribution is -0.362. The number of aliphatic hydroxyl groups excluding tert-OH is 1. The predicted molar refractivity (Wildman–Crippen MR) is 204 cm³/mol. The Morgan fingerprint density at radius 1 is 0.804 bits per heavy atom. The zero-order valence-electron chi connectivity index (χ0n) is 31.4. The van der Waals surface area contributed by atoms with Crippen molar-refractivity contribution >= 4 is 23.5 Å². The summed E-state index contributed by atoms with van der Waals surface area (Å²) >= 11 is 3.74. The van der Waals surface area contributed by atoms with Gasteiger partial charge in [0.2, 0.25) is 0 Å². The number of hydrogen-bond acceptors (Lipinski definition) is 10. The van der Waals surface area contributed by atoms with Crippen molar-refractivity contribution in [3.8, 4) is 0 Å². The van der Waals surface area contributed by atoms with E-state index in [1.807, 2.05) is 87.6 Å². The summed E-state index contributed by atoms with van der Waals surface area (Å²) in [5, 5.41) is 12.6. The summed E-state index contributed by atoms with van der Waals surface area (Å²) < 4.78 is 44.8.